The van der Waals surface area contributed by atoms with Gasteiger partial charge < -0.3 is 15.4 Å². The molecule has 1 aliphatic heterocycles. The van der Waals surface area contributed by atoms with Crippen molar-refractivity contribution >= 4 is 11.7 Å². The minimum atomic E-state index is -0.604. The number of hydrogen-bond donors (Lipinski definition) is 1. The molecule has 88 valence electrons. The molecule has 1 aromatic heterocycles. The van der Waals surface area contributed by atoms with Crippen LogP contribution in [0.3, 0.4) is 0 Å². The van der Waals surface area contributed by atoms with Crippen LogP contribution in [0.15, 0.2) is 12.3 Å². The van der Waals surface area contributed by atoms with Crippen molar-refractivity contribution in [2.75, 3.05) is 24.7 Å². The van der Waals surface area contributed by atoms with Crippen molar-refractivity contribution in [1.29, 1.82) is 5.26 Å². The summed E-state index contributed by atoms with van der Waals surface area (Å²) >= 11 is 0. The Kier molecular flexibility index (Phi) is 3.16. The summed E-state index contributed by atoms with van der Waals surface area (Å²) in [6, 6.07) is 2.96. The van der Waals surface area contributed by atoms with Gasteiger partial charge in [0.1, 0.15) is 12.1 Å². The first-order valence-corrected chi connectivity index (χ1v) is 5.09. The molecule has 0 aliphatic carbocycles. The number of carbonyl (C=O) groups excluding carboxylic acids is 1. The fraction of sp³-hybridized carbons (Fsp3) is 0.400. The number of morpholine rings is 1. The summed E-state index contributed by atoms with van der Waals surface area (Å²) in [4.78, 5) is 13.0. The van der Waals surface area contributed by atoms with E-state index in [-0.39, 0.29) is 6.61 Å². The average molecular weight is 233 g/mol. The molecule has 2 heterocycles. The number of aromatic nitrogens is 2. The van der Waals surface area contributed by atoms with Gasteiger partial charge in [-0.1, -0.05) is 0 Å². The molecule has 1 aromatic rings. The first-order chi connectivity index (χ1) is 8.24. The van der Waals surface area contributed by atoms with Crippen molar-refractivity contribution in [2.24, 2.45) is 5.73 Å². The number of hydrogen-bond acceptors (Lipinski definition) is 6. The SMILES string of the molecule is N#Cc1ccnnc1N1CCOCC1C(N)=O. The Morgan fingerprint density at radius 1 is 1.71 bits per heavy atom. The maximum absolute atomic E-state index is 11.3. The van der Waals surface area contributed by atoms with E-state index in [0.29, 0.717) is 24.5 Å². The maximum Gasteiger partial charge on any atom is 0.242 e. The number of carbonyl (C=O) groups is 1. The summed E-state index contributed by atoms with van der Waals surface area (Å²) in [5.74, 6) is -0.124. The third-order valence-corrected chi connectivity index (χ3v) is 2.55. The van der Waals surface area contributed by atoms with Gasteiger partial charge >= 0.3 is 0 Å². The van der Waals surface area contributed by atoms with Gasteiger partial charge in [-0.2, -0.15) is 10.4 Å². The van der Waals surface area contributed by atoms with Crippen molar-refractivity contribution in [1.82, 2.24) is 10.2 Å². The molecule has 0 bridgehead atoms. The summed E-state index contributed by atoms with van der Waals surface area (Å²) in [6.07, 6.45) is 1.43. The van der Waals surface area contributed by atoms with Crippen LogP contribution in [0.25, 0.3) is 0 Å². The normalized spacial score (nSPS) is 19.7. The maximum atomic E-state index is 11.3. The van der Waals surface area contributed by atoms with Crippen LogP contribution in [-0.2, 0) is 9.53 Å². The molecule has 0 radical (unpaired) electrons. The zero-order chi connectivity index (χ0) is 12.3. The first kappa shape index (κ1) is 11.3. The molecule has 2 N–H and O–H groups in total. The molecule has 0 spiro atoms. The van der Waals surface area contributed by atoms with Gasteiger partial charge in [0.2, 0.25) is 5.91 Å². The molecule has 0 aromatic carbocycles. The van der Waals surface area contributed by atoms with E-state index < -0.39 is 11.9 Å². The highest BCUT2D eigenvalue weighted by Crippen LogP contribution is 2.20. The molecule has 1 atom stereocenters. The van der Waals surface area contributed by atoms with Gasteiger partial charge in [0.15, 0.2) is 5.82 Å². The standard InChI is InChI=1S/C10H11N5O2/c11-5-7-1-2-13-14-10(7)15-3-4-17-6-8(15)9(12)16/h1-2,8H,3-4,6H2,(H2,12,16). The second kappa shape index (κ2) is 4.76. The molecule has 17 heavy (non-hydrogen) atoms. The van der Waals surface area contributed by atoms with Crippen molar-refractivity contribution in [3.8, 4) is 6.07 Å². The topological polar surface area (TPSA) is 105 Å². The lowest BCUT2D eigenvalue weighted by molar-refractivity contribution is -0.121. The van der Waals surface area contributed by atoms with E-state index in [9.17, 15) is 4.79 Å². The van der Waals surface area contributed by atoms with E-state index in [1.807, 2.05) is 6.07 Å². The number of amides is 1. The van der Waals surface area contributed by atoms with Crippen LogP contribution < -0.4 is 10.6 Å². The second-order valence-corrected chi connectivity index (χ2v) is 3.57. The zero-order valence-electron chi connectivity index (χ0n) is 9.04. The molecular formula is C10H11N5O2. The van der Waals surface area contributed by atoms with Crippen molar-refractivity contribution < 1.29 is 9.53 Å². The number of nitrogens with two attached hydrogens (primary N) is 1. The molecule has 7 nitrogen and oxygen atoms in total. The number of rotatable bonds is 2. The minimum Gasteiger partial charge on any atom is -0.377 e. The van der Waals surface area contributed by atoms with Crippen molar-refractivity contribution in [3.63, 3.8) is 0 Å². The van der Waals surface area contributed by atoms with Gasteiger partial charge in [-0.25, -0.2) is 0 Å². The fourth-order valence-electron chi connectivity index (χ4n) is 1.72. The van der Waals surface area contributed by atoms with E-state index in [2.05, 4.69) is 10.2 Å². The summed E-state index contributed by atoms with van der Waals surface area (Å²) in [5.41, 5.74) is 5.66. The molecule has 1 amide bonds. The van der Waals surface area contributed by atoms with Crippen LogP contribution in [0.5, 0.6) is 0 Å². The van der Waals surface area contributed by atoms with Gasteiger partial charge in [0.25, 0.3) is 0 Å². The van der Waals surface area contributed by atoms with E-state index in [1.165, 1.54) is 6.20 Å². The Hall–Kier alpha value is -2.20. The number of nitrogens with zero attached hydrogens (tertiary/aromatic N) is 4. The number of anilines is 1. The monoisotopic (exact) mass is 233 g/mol. The highest BCUT2D eigenvalue weighted by atomic mass is 16.5. The van der Waals surface area contributed by atoms with E-state index in [4.69, 9.17) is 15.7 Å². The highest BCUT2D eigenvalue weighted by Gasteiger charge is 2.30. The van der Waals surface area contributed by atoms with Gasteiger partial charge in [-0.3, -0.25) is 4.79 Å². The van der Waals surface area contributed by atoms with Crippen LogP contribution in [0.2, 0.25) is 0 Å². The largest absolute Gasteiger partial charge is 0.377 e. The fourth-order valence-corrected chi connectivity index (χ4v) is 1.72. The Balaban J connectivity index is 2.36. The van der Waals surface area contributed by atoms with Crippen LogP contribution in [0.4, 0.5) is 5.82 Å². The molecule has 1 fully saturated rings. The lowest BCUT2D eigenvalue weighted by Crippen LogP contribution is -2.53. The first-order valence-electron chi connectivity index (χ1n) is 5.09. The average Bonchev–Trinajstić information content (AvgIpc) is 2.38. The van der Waals surface area contributed by atoms with Crippen LogP contribution in [-0.4, -0.2) is 41.9 Å². The Bertz CT molecular complexity index is 470. The van der Waals surface area contributed by atoms with Crippen molar-refractivity contribution in [3.05, 3.63) is 17.8 Å². The predicted octanol–water partition coefficient (Wildman–Crippen LogP) is -0.961. The summed E-state index contributed by atoms with van der Waals surface area (Å²) in [6.45, 7) is 1.13. The van der Waals surface area contributed by atoms with E-state index in [1.54, 1.807) is 11.0 Å². The van der Waals surface area contributed by atoms with Crippen LogP contribution in [0.1, 0.15) is 5.56 Å². The van der Waals surface area contributed by atoms with Crippen molar-refractivity contribution in [2.45, 2.75) is 6.04 Å². The van der Waals surface area contributed by atoms with Gasteiger partial charge in [-0.05, 0) is 6.07 Å². The van der Waals surface area contributed by atoms with Gasteiger partial charge in [0.05, 0.1) is 25.0 Å². The molecule has 2 rings (SSSR count). The zero-order valence-corrected chi connectivity index (χ0v) is 9.04. The second-order valence-electron chi connectivity index (χ2n) is 3.57. The molecule has 1 aliphatic rings. The molecule has 1 saturated heterocycles. The third-order valence-electron chi connectivity index (χ3n) is 2.55. The summed E-state index contributed by atoms with van der Waals surface area (Å²) in [7, 11) is 0. The summed E-state index contributed by atoms with van der Waals surface area (Å²) < 4.78 is 5.20. The number of ether oxygens (including phenoxy) is 1. The van der Waals surface area contributed by atoms with Gasteiger partial charge in [0, 0.05) is 6.54 Å². The molecule has 7 heteroatoms. The third kappa shape index (κ3) is 2.16. The minimum absolute atomic E-state index is 0.205. The van der Waals surface area contributed by atoms with E-state index in [0.717, 1.165) is 0 Å². The Labute approximate surface area is 97.8 Å². The molecular weight excluding hydrogens is 222 g/mol. The Morgan fingerprint density at radius 2 is 2.53 bits per heavy atom. The predicted molar refractivity (Wildman–Crippen MR) is 57.9 cm³/mol. The molecule has 0 saturated carbocycles. The highest BCUT2D eigenvalue weighted by molar-refractivity contribution is 5.84. The lowest BCUT2D eigenvalue weighted by Gasteiger charge is -2.34. The lowest BCUT2D eigenvalue weighted by atomic mass is 10.2. The summed E-state index contributed by atoms with van der Waals surface area (Å²) in [5, 5.41) is 16.6. The van der Waals surface area contributed by atoms with Gasteiger partial charge in [-0.15, -0.1) is 5.10 Å². The number of primary amides is 1. The quantitative estimate of drug-likeness (QED) is 0.705. The number of nitriles is 1. The Morgan fingerprint density at radius 3 is 3.24 bits per heavy atom. The molecule has 1 unspecified atom stereocenters. The van der Waals surface area contributed by atoms with E-state index >= 15 is 0 Å². The van der Waals surface area contributed by atoms with Crippen LogP contribution in [0, 0.1) is 11.3 Å². The smallest absolute Gasteiger partial charge is 0.242 e. The van der Waals surface area contributed by atoms with Crippen LogP contribution >= 0.6 is 0 Å².